The summed E-state index contributed by atoms with van der Waals surface area (Å²) in [5.74, 6) is -1.31. The summed E-state index contributed by atoms with van der Waals surface area (Å²) in [6, 6.07) is 4.06. The van der Waals surface area contributed by atoms with Crippen LogP contribution in [-0.4, -0.2) is 77.1 Å². The number of hydrogen-bond acceptors (Lipinski definition) is 8. The minimum atomic E-state index is -1.38. The predicted molar refractivity (Wildman–Crippen MR) is 104 cm³/mol. The van der Waals surface area contributed by atoms with Crippen molar-refractivity contribution in [3.8, 4) is 0 Å². The number of non-ortho nitro benzene ring substituents is 1. The number of ether oxygens (including phenoxy) is 2. The van der Waals surface area contributed by atoms with E-state index >= 15 is 0 Å². The smallest absolute Gasteiger partial charge is 0.320 e. The van der Waals surface area contributed by atoms with E-state index in [-0.39, 0.29) is 24.4 Å². The van der Waals surface area contributed by atoms with Crippen LogP contribution < -0.4 is 5.32 Å². The molecule has 1 aromatic rings. The number of nitro benzene ring substituents is 1. The Morgan fingerprint density at radius 1 is 1.28 bits per heavy atom. The number of hydrogen-bond donors (Lipinski definition) is 2. The van der Waals surface area contributed by atoms with Gasteiger partial charge in [-0.25, -0.2) is 0 Å². The first-order valence-corrected chi connectivity index (χ1v) is 9.62. The summed E-state index contributed by atoms with van der Waals surface area (Å²) in [4.78, 5) is 34.6. The zero-order valence-electron chi connectivity index (χ0n) is 15.3. The van der Waals surface area contributed by atoms with E-state index in [1.165, 1.54) is 24.3 Å². The summed E-state index contributed by atoms with van der Waals surface area (Å²) in [6.07, 6.45) is -1.32. The summed E-state index contributed by atoms with van der Waals surface area (Å²) in [6.45, 7) is 1.95. The van der Waals surface area contributed by atoms with Crippen molar-refractivity contribution in [2.24, 2.45) is 0 Å². The molecule has 0 spiro atoms. The fourth-order valence-corrected chi connectivity index (χ4v) is 2.78. The van der Waals surface area contributed by atoms with Crippen molar-refractivity contribution in [1.29, 1.82) is 0 Å². The number of halogens is 2. The zero-order valence-corrected chi connectivity index (χ0v) is 16.8. The molecule has 0 aromatic heterocycles. The molecule has 10 nitrogen and oxygen atoms in total. The van der Waals surface area contributed by atoms with Gasteiger partial charge in [0, 0.05) is 25.2 Å². The highest BCUT2D eigenvalue weighted by Gasteiger charge is 2.27. The number of morpholine rings is 1. The van der Waals surface area contributed by atoms with Crippen molar-refractivity contribution in [3.05, 3.63) is 39.9 Å². The van der Waals surface area contributed by atoms with Crippen LogP contribution in [0, 0.1) is 10.1 Å². The molecule has 1 amide bonds. The van der Waals surface area contributed by atoms with Crippen molar-refractivity contribution in [2.75, 3.05) is 39.5 Å². The summed E-state index contributed by atoms with van der Waals surface area (Å²) in [5.41, 5.74) is 0.130. The van der Waals surface area contributed by atoms with E-state index in [9.17, 15) is 24.8 Å². The van der Waals surface area contributed by atoms with Gasteiger partial charge in [0.15, 0.2) is 4.84 Å². The van der Waals surface area contributed by atoms with Crippen molar-refractivity contribution < 1.29 is 29.1 Å². The summed E-state index contributed by atoms with van der Waals surface area (Å²) in [7, 11) is 0. The van der Waals surface area contributed by atoms with Gasteiger partial charge in [0.05, 0.1) is 30.7 Å². The van der Waals surface area contributed by atoms with Crippen LogP contribution in [0.4, 0.5) is 5.69 Å². The number of esters is 1. The highest BCUT2D eigenvalue weighted by molar-refractivity contribution is 6.53. The predicted octanol–water partition coefficient (Wildman–Crippen LogP) is 0.792. The highest BCUT2D eigenvalue weighted by atomic mass is 35.5. The van der Waals surface area contributed by atoms with Gasteiger partial charge < -0.3 is 19.9 Å². The minimum absolute atomic E-state index is 0.0469. The molecule has 160 valence electrons. The molecule has 0 bridgehead atoms. The Hall–Kier alpha value is -1.98. The quantitative estimate of drug-likeness (QED) is 0.244. The number of nitro groups is 1. The van der Waals surface area contributed by atoms with Crippen LogP contribution in [0.3, 0.4) is 0 Å². The largest absolute Gasteiger partial charge is 0.462 e. The molecule has 0 aliphatic carbocycles. The van der Waals surface area contributed by atoms with Crippen molar-refractivity contribution in [3.63, 3.8) is 0 Å². The Balaban J connectivity index is 2.01. The van der Waals surface area contributed by atoms with Crippen molar-refractivity contribution >= 4 is 40.8 Å². The fraction of sp³-hybridized carbons (Fsp3) is 0.529. The number of nitrogens with zero attached hydrogens (tertiary/aromatic N) is 2. The number of carbonyl (C=O) groups excluding carboxylic acids is 2. The number of aliphatic hydroxyl groups excluding tert-OH is 1. The third-order valence-electron chi connectivity index (χ3n) is 4.23. The van der Waals surface area contributed by atoms with E-state index < -0.39 is 33.8 Å². The zero-order chi connectivity index (χ0) is 21.4. The molecule has 12 heteroatoms. The number of amides is 1. The lowest BCUT2D eigenvalue weighted by molar-refractivity contribution is -0.384. The average Bonchev–Trinajstić information content (AvgIpc) is 2.71. The van der Waals surface area contributed by atoms with E-state index in [2.05, 4.69) is 5.32 Å². The monoisotopic (exact) mass is 449 g/mol. The van der Waals surface area contributed by atoms with Crippen LogP contribution in [0.1, 0.15) is 11.7 Å². The van der Waals surface area contributed by atoms with Crippen LogP contribution in [0.2, 0.25) is 0 Å². The molecule has 2 atom stereocenters. The molecule has 0 unspecified atom stereocenters. The number of aliphatic hydroxyl groups is 1. The Labute approximate surface area is 176 Å². The van der Waals surface area contributed by atoms with Gasteiger partial charge >= 0.3 is 5.97 Å². The lowest BCUT2D eigenvalue weighted by Crippen LogP contribution is -2.46. The van der Waals surface area contributed by atoms with Gasteiger partial charge in [0.1, 0.15) is 12.7 Å². The average molecular weight is 450 g/mol. The van der Waals surface area contributed by atoms with Crippen LogP contribution in [0.25, 0.3) is 0 Å². The minimum Gasteiger partial charge on any atom is -0.462 e. The SMILES string of the molecule is O=C(CN1CCOCC1)OC[C@H](NC(=O)C(Cl)Cl)[C@H](O)c1ccc([N+](=O)[O-])cc1. The van der Waals surface area contributed by atoms with E-state index in [0.29, 0.717) is 26.3 Å². The molecule has 1 aliphatic rings. The maximum atomic E-state index is 12.1. The number of benzene rings is 1. The van der Waals surface area contributed by atoms with Gasteiger partial charge in [-0.15, -0.1) is 0 Å². The Morgan fingerprint density at radius 2 is 1.90 bits per heavy atom. The molecule has 2 N–H and O–H groups in total. The summed E-state index contributed by atoms with van der Waals surface area (Å²) >= 11 is 11.1. The van der Waals surface area contributed by atoms with Crippen LogP contribution >= 0.6 is 23.2 Å². The second-order valence-electron chi connectivity index (χ2n) is 6.28. The van der Waals surface area contributed by atoms with Crippen LogP contribution in [0.15, 0.2) is 24.3 Å². The number of rotatable bonds is 9. The van der Waals surface area contributed by atoms with Crippen molar-refractivity contribution in [1.82, 2.24) is 10.2 Å². The number of nitrogens with one attached hydrogen (secondary N) is 1. The van der Waals surface area contributed by atoms with E-state index in [1.54, 1.807) is 0 Å². The van der Waals surface area contributed by atoms with Crippen LogP contribution in [0.5, 0.6) is 0 Å². The number of carbonyl (C=O) groups is 2. The first kappa shape index (κ1) is 23.3. The molecule has 1 fully saturated rings. The maximum absolute atomic E-state index is 12.1. The number of alkyl halides is 2. The molecule has 2 rings (SSSR count). The molecule has 0 saturated carbocycles. The third kappa shape index (κ3) is 7.41. The molecule has 1 aromatic carbocycles. The highest BCUT2D eigenvalue weighted by Crippen LogP contribution is 2.21. The topological polar surface area (TPSA) is 131 Å². The molecule has 1 heterocycles. The Bertz CT molecular complexity index is 711. The van der Waals surface area contributed by atoms with Gasteiger partial charge in [0.25, 0.3) is 11.6 Å². The van der Waals surface area contributed by atoms with Gasteiger partial charge in [0.2, 0.25) is 0 Å². The first-order valence-electron chi connectivity index (χ1n) is 8.74. The second kappa shape index (κ2) is 11.3. The van der Waals surface area contributed by atoms with Gasteiger partial charge in [-0.2, -0.15) is 0 Å². The Kier molecular flexibility index (Phi) is 9.05. The van der Waals surface area contributed by atoms with E-state index in [0.717, 1.165) is 0 Å². The van der Waals surface area contributed by atoms with Crippen LogP contribution in [-0.2, 0) is 19.1 Å². The normalized spacial score (nSPS) is 16.8. The van der Waals surface area contributed by atoms with Crippen molar-refractivity contribution in [2.45, 2.75) is 17.0 Å². The van der Waals surface area contributed by atoms with E-state index in [1.807, 2.05) is 4.90 Å². The van der Waals surface area contributed by atoms with Gasteiger partial charge in [-0.3, -0.25) is 24.6 Å². The Morgan fingerprint density at radius 3 is 2.45 bits per heavy atom. The standard InChI is InChI=1S/C17H21Cl2N3O7/c18-16(19)17(25)20-13(10-29-14(23)9-21-5-7-28-8-6-21)15(24)11-1-3-12(4-2-11)22(26)27/h1-4,13,15-16,24H,5-10H2,(H,20,25)/t13-,15+/m0/s1. The summed E-state index contributed by atoms with van der Waals surface area (Å²) in [5, 5.41) is 23.8. The first-order chi connectivity index (χ1) is 13.8. The lowest BCUT2D eigenvalue weighted by Gasteiger charge is -2.27. The third-order valence-corrected chi connectivity index (χ3v) is 4.63. The lowest BCUT2D eigenvalue weighted by atomic mass is 10.0. The molecular formula is C17H21Cl2N3O7. The molecule has 1 aliphatic heterocycles. The summed E-state index contributed by atoms with van der Waals surface area (Å²) < 4.78 is 10.4. The van der Waals surface area contributed by atoms with E-state index in [4.69, 9.17) is 32.7 Å². The molecular weight excluding hydrogens is 429 g/mol. The molecule has 29 heavy (non-hydrogen) atoms. The maximum Gasteiger partial charge on any atom is 0.320 e. The van der Waals surface area contributed by atoms with Gasteiger partial charge in [-0.1, -0.05) is 23.2 Å². The molecule has 1 saturated heterocycles. The fourth-order valence-electron chi connectivity index (χ4n) is 2.65. The second-order valence-corrected chi connectivity index (χ2v) is 7.38. The van der Waals surface area contributed by atoms with Gasteiger partial charge in [-0.05, 0) is 17.7 Å². The molecule has 0 radical (unpaired) electrons.